The van der Waals surface area contributed by atoms with Crippen LogP contribution in [-0.4, -0.2) is 23.1 Å². The fourth-order valence-corrected chi connectivity index (χ4v) is 6.45. The Labute approximate surface area is 167 Å². The maximum atomic E-state index is 14.0. The number of hydrogen-bond acceptors (Lipinski definition) is 3. The van der Waals surface area contributed by atoms with Gasteiger partial charge in [-0.2, -0.15) is 0 Å². The lowest BCUT2D eigenvalue weighted by atomic mass is 9.80. The predicted molar refractivity (Wildman–Crippen MR) is 109 cm³/mol. The highest BCUT2D eigenvalue weighted by Gasteiger charge is 2.64. The van der Waals surface area contributed by atoms with E-state index in [1.54, 1.807) is 17.0 Å². The molecule has 0 saturated carbocycles. The molecule has 4 nitrogen and oxygen atoms in total. The first-order valence-electron chi connectivity index (χ1n) is 9.48. The number of halogens is 1. The van der Waals surface area contributed by atoms with Gasteiger partial charge in [0.25, 0.3) is 5.91 Å². The molecule has 0 unspecified atom stereocenters. The van der Waals surface area contributed by atoms with Gasteiger partial charge in [-0.05, 0) is 56.0 Å². The SMILES string of the molecule is C[C@H]1CC(C)(C)N2C(=O)[C@@]3(SCC(=O)N3c3ccc(F)cc3)c3cccc1c32. The van der Waals surface area contributed by atoms with Gasteiger partial charge in [-0.15, -0.1) is 11.8 Å². The Bertz CT molecular complexity index is 1020. The van der Waals surface area contributed by atoms with Crippen molar-refractivity contribution in [1.29, 1.82) is 0 Å². The fourth-order valence-electron chi connectivity index (χ4n) is 5.12. The lowest BCUT2D eigenvalue weighted by molar-refractivity contribution is -0.124. The topological polar surface area (TPSA) is 40.6 Å². The van der Waals surface area contributed by atoms with E-state index in [9.17, 15) is 14.0 Å². The van der Waals surface area contributed by atoms with Crippen LogP contribution in [0.3, 0.4) is 0 Å². The van der Waals surface area contributed by atoms with Crippen molar-refractivity contribution >= 4 is 35.0 Å². The molecule has 1 spiro atoms. The number of anilines is 2. The summed E-state index contributed by atoms with van der Waals surface area (Å²) >= 11 is 1.37. The molecule has 0 radical (unpaired) electrons. The minimum atomic E-state index is -1.12. The third-order valence-corrected chi connectivity index (χ3v) is 7.53. The molecule has 0 bridgehead atoms. The average molecular weight is 396 g/mol. The van der Waals surface area contributed by atoms with E-state index in [1.807, 2.05) is 17.0 Å². The number of rotatable bonds is 1. The van der Waals surface area contributed by atoms with Crippen LogP contribution < -0.4 is 9.80 Å². The van der Waals surface area contributed by atoms with Gasteiger partial charge < -0.3 is 4.90 Å². The first-order chi connectivity index (χ1) is 13.3. The van der Waals surface area contributed by atoms with Gasteiger partial charge in [-0.1, -0.05) is 25.1 Å². The van der Waals surface area contributed by atoms with E-state index in [-0.39, 0.29) is 28.9 Å². The number of para-hydroxylation sites is 1. The zero-order valence-corrected chi connectivity index (χ0v) is 16.8. The number of carbonyl (C=O) groups is 2. The molecule has 2 aromatic carbocycles. The number of thioether (sulfide) groups is 1. The van der Waals surface area contributed by atoms with Gasteiger partial charge >= 0.3 is 0 Å². The van der Waals surface area contributed by atoms with Crippen molar-refractivity contribution in [2.24, 2.45) is 0 Å². The van der Waals surface area contributed by atoms with Gasteiger partial charge in [0.05, 0.1) is 11.4 Å². The minimum Gasteiger partial charge on any atom is -0.303 e. The van der Waals surface area contributed by atoms with E-state index < -0.39 is 4.87 Å². The molecule has 1 fully saturated rings. The van der Waals surface area contributed by atoms with Crippen molar-refractivity contribution in [1.82, 2.24) is 0 Å². The molecular formula is C22H21FN2O2S. The van der Waals surface area contributed by atoms with Crippen LogP contribution in [0.5, 0.6) is 0 Å². The van der Waals surface area contributed by atoms with Gasteiger partial charge in [0, 0.05) is 16.8 Å². The van der Waals surface area contributed by atoms with E-state index in [0.717, 1.165) is 23.2 Å². The number of nitrogens with zero attached hydrogens (tertiary/aromatic N) is 2. The Hall–Kier alpha value is -2.34. The van der Waals surface area contributed by atoms with Gasteiger partial charge in [-0.3, -0.25) is 14.5 Å². The van der Waals surface area contributed by atoms with Crippen LogP contribution in [0, 0.1) is 5.82 Å². The molecule has 3 aliphatic rings. The first kappa shape index (κ1) is 17.7. The molecule has 2 atom stereocenters. The van der Waals surface area contributed by atoms with Crippen LogP contribution in [0.15, 0.2) is 42.5 Å². The molecule has 0 aliphatic carbocycles. The summed E-state index contributed by atoms with van der Waals surface area (Å²) in [6.07, 6.45) is 0.862. The van der Waals surface area contributed by atoms with E-state index in [1.165, 1.54) is 23.9 Å². The van der Waals surface area contributed by atoms with Gasteiger partial charge in [0.15, 0.2) is 0 Å². The largest absolute Gasteiger partial charge is 0.303 e. The summed E-state index contributed by atoms with van der Waals surface area (Å²) in [6.45, 7) is 6.36. The number of benzene rings is 2. The zero-order valence-electron chi connectivity index (χ0n) is 16.0. The van der Waals surface area contributed by atoms with E-state index >= 15 is 0 Å². The van der Waals surface area contributed by atoms with Crippen molar-refractivity contribution in [3.05, 3.63) is 59.4 Å². The second-order valence-electron chi connectivity index (χ2n) is 8.44. The Balaban J connectivity index is 1.78. The molecule has 1 saturated heterocycles. The standard InChI is InChI=1S/C22H21FN2O2S/c1-13-11-21(2,3)25-19-16(13)5-4-6-17(19)22(20(25)27)24(18(26)12-28-22)15-9-7-14(23)8-10-15/h4-10,13H,11-12H2,1-3H3/t13-,22-/m0/s1. The molecule has 0 aromatic heterocycles. The Kier molecular flexibility index (Phi) is 3.55. The highest BCUT2D eigenvalue weighted by atomic mass is 32.2. The van der Waals surface area contributed by atoms with E-state index in [2.05, 4.69) is 26.8 Å². The van der Waals surface area contributed by atoms with Crippen molar-refractivity contribution in [2.75, 3.05) is 15.6 Å². The second-order valence-corrected chi connectivity index (χ2v) is 9.61. The molecule has 3 aliphatic heterocycles. The average Bonchev–Trinajstić information content (AvgIpc) is 3.11. The van der Waals surface area contributed by atoms with Crippen LogP contribution in [-0.2, 0) is 14.5 Å². The lowest BCUT2D eigenvalue weighted by Gasteiger charge is -2.44. The van der Waals surface area contributed by atoms with Gasteiger partial charge in [0.1, 0.15) is 5.82 Å². The van der Waals surface area contributed by atoms with Crippen LogP contribution in [0.25, 0.3) is 0 Å². The van der Waals surface area contributed by atoms with Gasteiger partial charge in [0.2, 0.25) is 10.8 Å². The summed E-state index contributed by atoms with van der Waals surface area (Å²) in [4.78, 5) is 29.3. The normalized spacial score (nSPS) is 27.6. The summed E-state index contributed by atoms with van der Waals surface area (Å²) in [5.41, 5.74) is 3.18. The molecule has 3 heterocycles. The summed E-state index contributed by atoms with van der Waals surface area (Å²) < 4.78 is 13.5. The Morgan fingerprint density at radius 2 is 1.79 bits per heavy atom. The number of hydrogen-bond donors (Lipinski definition) is 0. The predicted octanol–water partition coefficient (Wildman–Crippen LogP) is 4.39. The molecule has 2 amide bonds. The van der Waals surface area contributed by atoms with Gasteiger partial charge in [-0.25, -0.2) is 4.39 Å². The van der Waals surface area contributed by atoms with Crippen molar-refractivity contribution in [3.63, 3.8) is 0 Å². The molecule has 5 rings (SSSR count). The monoisotopic (exact) mass is 396 g/mol. The molecule has 28 heavy (non-hydrogen) atoms. The number of carbonyl (C=O) groups excluding carboxylic acids is 2. The highest BCUT2D eigenvalue weighted by molar-refractivity contribution is 8.02. The van der Waals surface area contributed by atoms with Crippen LogP contribution in [0.2, 0.25) is 0 Å². The third kappa shape index (κ3) is 2.07. The maximum Gasteiger partial charge on any atom is 0.269 e. The summed E-state index contributed by atoms with van der Waals surface area (Å²) in [5.74, 6) is -0.0331. The summed E-state index contributed by atoms with van der Waals surface area (Å²) in [7, 11) is 0. The zero-order chi connectivity index (χ0) is 19.8. The van der Waals surface area contributed by atoms with Crippen molar-refractivity contribution in [2.45, 2.75) is 43.5 Å². The van der Waals surface area contributed by atoms with E-state index in [4.69, 9.17) is 0 Å². The quantitative estimate of drug-likeness (QED) is 0.718. The first-order valence-corrected chi connectivity index (χ1v) is 10.5. The highest BCUT2D eigenvalue weighted by Crippen LogP contribution is 2.60. The third-order valence-electron chi connectivity index (χ3n) is 6.14. The smallest absolute Gasteiger partial charge is 0.269 e. The molecule has 2 aromatic rings. The van der Waals surface area contributed by atoms with E-state index in [0.29, 0.717) is 11.6 Å². The summed E-state index contributed by atoms with van der Waals surface area (Å²) in [5, 5.41) is 0. The summed E-state index contributed by atoms with van der Waals surface area (Å²) in [6, 6.07) is 11.8. The van der Waals surface area contributed by atoms with Crippen LogP contribution in [0.4, 0.5) is 15.8 Å². The molecule has 6 heteroatoms. The second kappa shape index (κ2) is 5.60. The Morgan fingerprint density at radius 3 is 2.50 bits per heavy atom. The fraction of sp³-hybridized carbons (Fsp3) is 0.364. The maximum absolute atomic E-state index is 14.0. The number of fused-ring (bicyclic) bond motifs is 1. The van der Waals surface area contributed by atoms with Crippen molar-refractivity contribution < 1.29 is 14.0 Å². The lowest BCUT2D eigenvalue weighted by Crippen LogP contribution is -2.56. The molecule has 0 N–H and O–H groups in total. The molecule has 144 valence electrons. The van der Waals surface area contributed by atoms with Crippen molar-refractivity contribution in [3.8, 4) is 0 Å². The van der Waals surface area contributed by atoms with Crippen LogP contribution in [0.1, 0.15) is 44.2 Å². The number of amides is 2. The van der Waals surface area contributed by atoms with Crippen LogP contribution >= 0.6 is 11.8 Å². The Morgan fingerprint density at radius 1 is 1.07 bits per heavy atom. The minimum absolute atomic E-state index is 0.0768. The molecular weight excluding hydrogens is 375 g/mol.